The van der Waals surface area contributed by atoms with Gasteiger partial charge in [0.25, 0.3) is 0 Å². The van der Waals surface area contributed by atoms with Crippen LogP contribution in [-0.4, -0.2) is 52.3 Å². The van der Waals surface area contributed by atoms with Gasteiger partial charge in [-0.25, -0.2) is 9.78 Å². The summed E-state index contributed by atoms with van der Waals surface area (Å²) >= 11 is 5.87. The number of benzene rings is 1. The SMILES string of the molecule is O=C(/C=C/c1ccccc1)N[C@@H]1CN(c2ccc(Cl)c(C(=O)O)n2)CC[C@@H]1O. The maximum Gasteiger partial charge on any atom is 0.356 e. The van der Waals surface area contributed by atoms with E-state index in [1.54, 1.807) is 12.1 Å². The van der Waals surface area contributed by atoms with Gasteiger partial charge in [-0.3, -0.25) is 4.79 Å². The first-order chi connectivity index (χ1) is 13.4. The molecule has 28 heavy (non-hydrogen) atoms. The van der Waals surface area contributed by atoms with Gasteiger partial charge in [0.15, 0.2) is 5.69 Å². The van der Waals surface area contributed by atoms with Crippen LogP contribution in [0, 0.1) is 0 Å². The monoisotopic (exact) mass is 401 g/mol. The van der Waals surface area contributed by atoms with Crippen molar-refractivity contribution in [3.05, 3.63) is 64.8 Å². The van der Waals surface area contributed by atoms with Gasteiger partial charge in [-0.15, -0.1) is 0 Å². The molecule has 1 aliphatic rings. The van der Waals surface area contributed by atoms with Gasteiger partial charge in [0, 0.05) is 19.2 Å². The summed E-state index contributed by atoms with van der Waals surface area (Å²) < 4.78 is 0. The van der Waals surface area contributed by atoms with Crippen LogP contribution in [0.15, 0.2) is 48.5 Å². The van der Waals surface area contributed by atoms with Crippen LogP contribution in [0.3, 0.4) is 0 Å². The number of aliphatic hydroxyl groups excluding tert-OH is 1. The van der Waals surface area contributed by atoms with E-state index in [0.717, 1.165) is 5.56 Å². The van der Waals surface area contributed by atoms with E-state index in [1.807, 2.05) is 35.2 Å². The predicted octanol–water partition coefficient (Wildman–Crippen LogP) is 2.20. The standard InChI is InChI=1S/C20H20ClN3O4/c21-14-7-8-17(23-19(14)20(27)28)24-11-10-16(25)15(12-24)22-18(26)9-6-13-4-2-1-3-5-13/h1-9,15-16,25H,10-12H2,(H,22,26)(H,27,28)/b9-6+/t15-,16+/m1/s1. The summed E-state index contributed by atoms with van der Waals surface area (Å²) in [5.41, 5.74) is 0.673. The Hall–Kier alpha value is -2.90. The minimum atomic E-state index is -1.21. The molecule has 0 bridgehead atoms. The first-order valence-electron chi connectivity index (χ1n) is 8.80. The molecule has 7 nitrogen and oxygen atoms in total. The molecule has 1 saturated heterocycles. The Morgan fingerprint density at radius 2 is 1.96 bits per heavy atom. The summed E-state index contributed by atoms with van der Waals surface area (Å²) in [6.45, 7) is 0.793. The minimum absolute atomic E-state index is 0.0594. The second-order valence-electron chi connectivity index (χ2n) is 6.47. The number of carboxylic acids is 1. The average Bonchev–Trinajstić information content (AvgIpc) is 2.69. The molecule has 2 heterocycles. The lowest BCUT2D eigenvalue weighted by Gasteiger charge is -2.37. The van der Waals surface area contributed by atoms with Gasteiger partial charge >= 0.3 is 5.97 Å². The number of aromatic carboxylic acids is 1. The second kappa shape index (κ2) is 8.86. The van der Waals surface area contributed by atoms with Crippen molar-refractivity contribution in [3.63, 3.8) is 0 Å². The van der Waals surface area contributed by atoms with Crippen LogP contribution < -0.4 is 10.2 Å². The molecule has 2 aromatic rings. The quantitative estimate of drug-likeness (QED) is 0.664. The molecule has 1 aromatic carbocycles. The molecule has 1 amide bonds. The van der Waals surface area contributed by atoms with Crippen LogP contribution in [-0.2, 0) is 4.79 Å². The van der Waals surface area contributed by atoms with Crippen LogP contribution in [0.1, 0.15) is 22.5 Å². The summed E-state index contributed by atoms with van der Waals surface area (Å²) in [6, 6.07) is 12.0. The number of piperidine rings is 1. The Morgan fingerprint density at radius 1 is 1.21 bits per heavy atom. The number of rotatable bonds is 5. The predicted molar refractivity (Wildman–Crippen MR) is 106 cm³/mol. The van der Waals surface area contributed by atoms with Crippen molar-refractivity contribution in [2.75, 3.05) is 18.0 Å². The molecular weight excluding hydrogens is 382 g/mol. The van der Waals surface area contributed by atoms with Gasteiger partial charge in [-0.2, -0.15) is 0 Å². The summed E-state index contributed by atoms with van der Waals surface area (Å²) in [4.78, 5) is 29.4. The number of aliphatic hydroxyl groups is 1. The minimum Gasteiger partial charge on any atom is -0.476 e. The van der Waals surface area contributed by atoms with Crippen molar-refractivity contribution >= 4 is 35.4 Å². The van der Waals surface area contributed by atoms with E-state index in [1.165, 1.54) is 12.1 Å². The number of nitrogens with zero attached hydrogens (tertiary/aromatic N) is 2. The average molecular weight is 402 g/mol. The molecule has 0 saturated carbocycles. The fourth-order valence-electron chi connectivity index (χ4n) is 3.01. The zero-order valence-electron chi connectivity index (χ0n) is 15.0. The normalized spacial score (nSPS) is 19.6. The van der Waals surface area contributed by atoms with E-state index in [-0.39, 0.29) is 16.6 Å². The number of carboxylic acid groups (broad SMARTS) is 1. The lowest BCUT2D eigenvalue weighted by atomic mass is 10.0. The molecule has 1 fully saturated rings. The molecule has 3 N–H and O–H groups in total. The molecule has 146 valence electrons. The molecule has 2 atom stereocenters. The van der Waals surface area contributed by atoms with Crippen molar-refractivity contribution in [1.29, 1.82) is 0 Å². The summed E-state index contributed by atoms with van der Waals surface area (Å²) in [5.74, 6) is -1.09. The number of hydrogen-bond donors (Lipinski definition) is 3. The van der Waals surface area contributed by atoms with E-state index in [9.17, 15) is 19.8 Å². The first kappa shape index (κ1) is 19.9. The molecule has 3 rings (SSSR count). The smallest absolute Gasteiger partial charge is 0.356 e. The number of carbonyl (C=O) groups is 2. The lowest BCUT2D eigenvalue weighted by Crippen LogP contribution is -2.55. The zero-order valence-corrected chi connectivity index (χ0v) is 15.7. The molecule has 1 aliphatic heterocycles. The third-order valence-electron chi connectivity index (χ3n) is 4.49. The van der Waals surface area contributed by atoms with Crippen molar-refractivity contribution in [3.8, 4) is 0 Å². The number of halogens is 1. The largest absolute Gasteiger partial charge is 0.476 e. The number of carbonyl (C=O) groups excluding carboxylic acids is 1. The molecular formula is C20H20ClN3O4. The van der Waals surface area contributed by atoms with Crippen molar-refractivity contribution in [2.45, 2.75) is 18.6 Å². The number of aromatic nitrogens is 1. The van der Waals surface area contributed by atoms with Gasteiger partial charge in [-0.1, -0.05) is 41.9 Å². The Bertz CT molecular complexity index is 888. The zero-order chi connectivity index (χ0) is 20.1. The molecule has 0 aliphatic carbocycles. The molecule has 0 spiro atoms. The van der Waals surface area contributed by atoms with Crippen LogP contribution in [0.2, 0.25) is 5.02 Å². The van der Waals surface area contributed by atoms with E-state index in [4.69, 9.17) is 11.6 Å². The number of anilines is 1. The summed E-state index contributed by atoms with van der Waals surface area (Å²) in [5, 5.41) is 22.3. The van der Waals surface area contributed by atoms with E-state index >= 15 is 0 Å². The highest BCUT2D eigenvalue weighted by atomic mass is 35.5. The highest BCUT2D eigenvalue weighted by molar-refractivity contribution is 6.33. The van der Waals surface area contributed by atoms with E-state index in [0.29, 0.717) is 25.3 Å². The topological polar surface area (TPSA) is 103 Å². The van der Waals surface area contributed by atoms with Gasteiger partial charge in [0.2, 0.25) is 5.91 Å². The highest BCUT2D eigenvalue weighted by Crippen LogP contribution is 2.22. The molecule has 0 radical (unpaired) electrons. The van der Waals surface area contributed by atoms with E-state index < -0.39 is 18.1 Å². The van der Waals surface area contributed by atoms with Crippen molar-refractivity contribution in [2.24, 2.45) is 0 Å². The Labute approximate surface area is 167 Å². The third kappa shape index (κ3) is 4.88. The van der Waals surface area contributed by atoms with Crippen LogP contribution in [0.5, 0.6) is 0 Å². The van der Waals surface area contributed by atoms with Crippen molar-refractivity contribution < 1.29 is 19.8 Å². The molecule has 1 aromatic heterocycles. The third-order valence-corrected chi connectivity index (χ3v) is 4.79. The number of nitrogens with one attached hydrogen (secondary N) is 1. The number of pyridine rings is 1. The Balaban J connectivity index is 1.67. The Morgan fingerprint density at radius 3 is 2.68 bits per heavy atom. The molecule has 8 heteroatoms. The number of amides is 1. The van der Waals surface area contributed by atoms with E-state index in [2.05, 4.69) is 10.3 Å². The Kier molecular flexibility index (Phi) is 6.28. The first-order valence-corrected chi connectivity index (χ1v) is 9.18. The number of hydrogen-bond acceptors (Lipinski definition) is 5. The van der Waals surface area contributed by atoms with Gasteiger partial charge in [0.1, 0.15) is 5.82 Å². The highest BCUT2D eigenvalue weighted by Gasteiger charge is 2.29. The van der Waals surface area contributed by atoms with Crippen molar-refractivity contribution in [1.82, 2.24) is 10.3 Å². The summed E-state index contributed by atoms with van der Waals surface area (Å²) in [6.07, 6.45) is 2.84. The van der Waals surface area contributed by atoms with Crippen LogP contribution in [0.4, 0.5) is 5.82 Å². The van der Waals surface area contributed by atoms with Crippen LogP contribution in [0.25, 0.3) is 6.08 Å². The van der Waals surface area contributed by atoms with Crippen LogP contribution >= 0.6 is 11.6 Å². The van der Waals surface area contributed by atoms with Gasteiger partial charge in [0.05, 0.1) is 17.2 Å². The van der Waals surface area contributed by atoms with Gasteiger partial charge in [-0.05, 0) is 30.2 Å². The lowest BCUT2D eigenvalue weighted by molar-refractivity contribution is -0.118. The second-order valence-corrected chi connectivity index (χ2v) is 6.87. The maximum absolute atomic E-state index is 12.2. The fourth-order valence-corrected chi connectivity index (χ4v) is 3.20. The fraction of sp³-hybridized carbons (Fsp3) is 0.250. The van der Waals surface area contributed by atoms with Gasteiger partial charge < -0.3 is 20.4 Å². The summed E-state index contributed by atoms with van der Waals surface area (Å²) in [7, 11) is 0. The molecule has 0 unspecified atom stereocenters. The maximum atomic E-state index is 12.2.